The van der Waals surface area contributed by atoms with Crippen LogP contribution in [0.1, 0.15) is 22.7 Å². The molecule has 0 saturated carbocycles. The fourth-order valence-electron chi connectivity index (χ4n) is 2.78. The van der Waals surface area contributed by atoms with Gasteiger partial charge in [-0.3, -0.25) is 0 Å². The van der Waals surface area contributed by atoms with Gasteiger partial charge in [0.1, 0.15) is 0 Å². The second-order valence-corrected chi connectivity index (χ2v) is 5.66. The minimum atomic E-state index is -0.172. The number of benzene rings is 2. The third-order valence-corrected chi connectivity index (χ3v) is 3.99. The molecule has 22 heavy (non-hydrogen) atoms. The lowest BCUT2D eigenvalue weighted by Crippen LogP contribution is -2.40. The molecule has 114 valence electrons. The summed E-state index contributed by atoms with van der Waals surface area (Å²) in [6, 6.07) is 16.2. The largest absolute Gasteiger partial charge is 0.336 e. The Morgan fingerprint density at radius 1 is 1.18 bits per heavy atom. The molecule has 2 amide bonds. The van der Waals surface area contributed by atoms with Crippen molar-refractivity contribution >= 4 is 11.7 Å². The molecule has 0 fully saturated rings. The van der Waals surface area contributed by atoms with E-state index >= 15 is 0 Å². The summed E-state index contributed by atoms with van der Waals surface area (Å²) >= 11 is 0. The molecule has 1 heterocycles. The van der Waals surface area contributed by atoms with Gasteiger partial charge in [0.05, 0.1) is 0 Å². The van der Waals surface area contributed by atoms with Crippen LogP contribution in [-0.4, -0.2) is 19.1 Å². The first kappa shape index (κ1) is 14.6. The van der Waals surface area contributed by atoms with Crippen LogP contribution in [0.15, 0.2) is 48.5 Å². The molecule has 1 unspecified atom stereocenters. The predicted molar refractivity (Wildman–Crippen MR) is 89.1 cm³/mol. The fraction of sp³-hybridized carbons (Fsp3) is 0.278. The van der Waals surface area contributed by atoms with Gasteiger partial charge in [0.2, 0.25) is 0 Å². The minimum Gasteiger partial charge on any atom is -0.336 e. The lowest BCUT2D eigenvalue weighted by molar-refractivity contribution is 0.250. The molecule has 0 aromatic heterocycles. The molecule has 0 aliphatic carbocycles. The standard InChI is InChI=1S/C18H21N3O/c1-13-6-8-15(9-7-13)21-18(22)20-12-17-16-5-3-2-4-14(16)10-11-19-17/h2-9,17,19H,10-12H2,1H3,(H2,20,21,22). The number of anilines is 1. The predicted octanol–water partition coefficient (Wildman–Crippen LogP) is 3.00. The van der Waals surface area contributed by atoms with E-state index in [2.05, 4.69) is 34.1 Å². The second kappa shape index (κ2) is 6.62. The van der Waals surface area contributed by atoms with Crippen molar-refractivity contribution in [1.29, 1.82) is 0 Å². The third-order valence-electron chi connectivity index (χ3n) is 3.99. The smallest absolute Gasteiger partial charge is 0.319 e. The first-order chi connectivity index (χ1) is 10.7. The van der Waals surface area contributed by atoms with Gasteiger partial charge in [0.15, 0.2) is 0 Å². The van der Waals surface area contributed by atoms with Crippen LogP contribution in [0, 0.1) is 6.92 Å². The van der Waals surface area contributed by atoms with E-state index in [1.807, 2.05) is 37.3 Å². The van der Waals surface area contributed by atoms with Gasteiger partial charge in [0.25, 0.3) is 0 Å². The molecule has 0 radical (unpaired) electrons. The Kier molecular flexibility index (Phi) is 4.39. The molecule has 2 aromatic carbocycles. The normalized spacial score (nSPS) is 16.7. The Hall–Kier alpha value is -2.33. The molecule has 2 aromatic rings. The van der Waals surface area contributed by atoms with Crippen LogP contribution in [0.3, 0.4) is 0 Å². The van der Waals surface area contributed by atoms with Gasteiger partial charge in [0, 0.05) is 18.3 Å². The Morgan fingerprint density at radius 3 is 2.77 bits per heavy atom. The van der Waals surface area contributed by atoms with Crippen LogP contribution in [0.5, 0.6) is 0 Å². The number of carbonyl (C=O) groups excluding carboxylic acids is 1. The number of nitrogens with one attached hydrogen (secondary N) is 3. The van der Waals surface area contributed by atoms with Crippen molar-refractivity contribution < 1.29 is 4.79 Å². The zero-order valence-corrected chi connectivity index (χ0v) is 12.7. The van der Waals surface area contributed by atoms with Gasteiger partial charge in [-0.05, 0) is 43.1 Å². The molecule has 4 heteroatoms. The molecule has 0 spiro atoms. The van der Waals surface area contributed by atoms with Crippen LogP contribution in [0.25, 0.3) is 0 Å². The summed E-state index contributed by atoms with van der Waals surface area (Å²) in [7, 11) is 0. The molecule has 0 saturated heterocycles. The van der Waals surface area contributed by atoms with Crippen molar-refractivity contribution in [2.75, 3.05) is 18.4 Å². The molecular weight excluding hydrogens is 274 g/mol. The Bertz CT molecular complexity index is 652. The van der Waals surface area contributed by atoms with E-state index < -0.39 is 0 Å². The number of urea groups is 1. The molecule has 1 aliphatic heterocycles. The summed E-state index contributed by atoms with van der Waals surface area (Å²) in [5.41, 5.74) is 4.63. The monoisotopic (exact) mass is 295 g/mol. The molecule has 3 N–H and O–H groups in total. The van der Waals surface area contributed by atoms with Gasteiger partial charge >= 0.3 is 6.03 Å². The van der Waals surface area contributed by atoms with Crippen LogP contribution in [0.2, 0.25) is 0 Å². The number of fused-ring (bicyclic) bond motifs is 1. The van der Waals surface area contributed by atoms with Crippen molar-refractivity contribution in [2.24, 2.45) is 0 Å². The van der Waals surface area contributed by atoms with Crippen molar-refractivity contribution in [2.45, 2.75) is 19.4 Å². The number of amides is 2. The molecule has 1 aliphatic rings. The highest BCUT2D eigenvalue weighted by Crippen LogP contribution is 2.21. The number of hydrogen-bond donors (Lipinski definition) is 3. The topological polar surface area (TPSA) is 53.2 Å². The third kappa shape index (κ3) is 3.46. The van der Waals surface area contributed by atoms with E-state index in [4.69, 9.17) is 0 Å². The first-order valence-electron chi connectivity index (χ1n) is 7.65. The van der Waals surface area contributed by atoms with Gasteiger partial charge in [-0.1, -0.05) is 42.0 Å². The summed E-state index contributed by atoms with van der Waals surface area (Å²) in [5, 5.41) is 9.26. The van der Waals surface area contributed by atoms with E-state index in [0.29, 0.717) is 6.54 Å². The van der Waals surface area contributed by atoms with Crippen molar-refractivity contribution in [3.05, 3.63) is 65.2 Å². The van der Waals surface area contributed by atoms with Crippen LogP contribution in [-0.2, 0) is 6.42 Å². The van der Waals surface area contributed by atoms with E-state index in [0.717, 1.165) is 18.7 Å². The number of aryl methyl sites for hydroxylation is 1. The highest BCUT2D eigenvalue weighted by molar-refractivity contribution is 5.89. The van der Waals surface area contributed by atoms with Gasteiger partial charge < -0.3 is 16.0 Å². The SMILES string of the molecule is Cc1ccc(NC(=O)NCC2NCCc3ccccc32)cc1. The maximum Gasteiger partial charge on any atom is 0.319 e. The maximum atomic E-state index is 12.0. The summed E-state index contributed by atoms with van der Waals surface area (Å²) in [6.07, 6.45) is 1.04. The second-order valence-electron chi connectivity index (χ2n) is 5.66. The van der Waals surface area contributed by atoms with Crippen molar-refractivity contribution in [3.63, 3.8) is 0 Å². The molecule has 4 nitrogen and oxygen atoms in total. The summed E-state index contributed by atoms with van der Waals surface area (Å²) in [6.45, 7) is 3.55. The molecule has 0 bridgehead atoms. The minimum absolute atomic E-state index is 0.172. The van der Waals surface area contributed by atoms with E-state index in [9.17, 15) is 4.79 Å². The highest BCUT2D eigenvalue weighted by atomic mass is 16.2. The van der Waals surface area contributed by atoms with Gasteiger partial charge in [-0.25, -0.2) is 4.79 Å². The summed E-state index contributed by atoms with van der Waals surface area (Å²) < 4.78 is 0. The lowest BCUT2D eigenvalue weighted by Gasteiger charge is -2.27. The van der Waals surface area contributed by atoms with E-state index in [1.165, 1.54) is 16.7 Å². The zero-order chi connectivity index (χ0) is 15.4. The molecular formula is C18H21N3O. The average molecular weight is 295 g/mol. The van der Waals surface area contributed by atoms with E-state index in [-0.39, 0.29) is 12.1 Å². The summed E-state index contributed by atoms with van der Waals surface area (Å²) in [4.78, 5) is 12.0. The Labute approximate surface area is 130 Å². The molecule has 1 atom stereocenters. The molecule has 3 rings (SSSR count). The van der Waals surface area contributed by atoms with Gasteiger partial charge in [-0.2, -0.15) is 0 Å². The van der Waals surface area contributed by atoms with E-state index in [1.54, 1.807) is 0 Å². The fourth-order valence-corrected chi connectivity index (χ4v) is 2.78. The Balaban J connectivity index is 1.56. The van der Waals surface area contributed by atoms with Crippen LogP contribution in [0.4, 0.5) is 10.5 Å². The van der Waals surface area contributed by atoms with Crippen molar-refractivity contribution in [1.82, 2.24) is 10.6 Å². The quantitative estimate of drug-likeness (QED) is 0.815. The Morgan fingerprint density at radius 2 is 1.95 bits per heavy atom. The number of rotatable bonds is 3. The first-order valence-corrected chi connectivity index (χ1v) is 7.65. The number of hydrogen-bond acceptors (Lipinski definition) is 2. The highest BCUT2D eigenvalue weighted by Gasteiger charge is 2.19. The maximum absolute atomic E-state index is 12.0. The van der Waals surface area contributed by atoms with Crippen LogP contribution >= 0.6 is 0 Å². The van der Waals surface area contributed by atoms with Crippen LogP contribution < -0.4 is 16.0 Å². The zero-order valence-electron chi connectivity index (χ0n) is 12.7. The average Bonchev–Trinajstić information content (AvgIpc) is 2.55. The lowest BCUT2D eigenvalue weighted by atomic mass is 9.94. The van der Waals surface area contributed by atoms with Gasteiger partial charge in [-0.15, -0.1) is 0 Å². The number of carbonyl (C=O) groups is 1. The van der Waals surface area contributed by atoms with Crippen molar-refractivity contribution in [3.8, 4) is 0 Å². The summed E-state index contributed by atoms with van der Waals surface area (Å²) in [5.74, 6) is 0.